The lowest BCUT2D eigenvalue weighted by molar-refractivity contribution is 0.673. The summed E-state index contributed by atoms with van der Waals surface area (Å²) in [6, 6.07) is 10.7. The van der Waals surface area contributed by atoms with Gasteiger partial charge in [-0.05, 0) is 30.4 Å². The molecule has 1 heteroatoms. The van der Waals surface area contributed by atoms with E-state index in [1.54, 1.807) is 0 Å². The molecule has 14 heavy (non-hydrogen) atoms. The molecule has 0 heterocycles. The van der Waals surface area contributed by atoms with Crippen molar-refractivity contribution in [2.75, 3.05) is 13.1 Å². The summed E-state index contributed by atoms with van der Waals surface area (Å²) in [7, 11) is 0. The minimum Gasteiger partial charge on any atom is -0.306 e. The largest absolute Gasteiger partial charge is 0.306 e. The van der Waals surface area contributed by atoms with E-state index in [0.29, 0.717) is 6.54 Å². The Morgan fingerprint density at radius 1 is 1.36 bits per heavy atom. The number of hydrogen-bond acceptors (Lipinski definition) is 1. The highest BCUT2D eigenvalue weighted by Gasteiger charge is 2.37. The molecule has 72 valence electrons. The number of hydrogen-bond donors (Lipinski definition) is 1. The third-order valence-corrected chi connectivity index (χ3v) is 2.78. The molecule has 0 amide bonds. The van der Waals surface area contributed by atoms with Crippen LogP contribution in [-0.4, -0.2) is 13.1 Å². The van der Waals surface area contributed by atoms with Gasteiger partial charge in [0, 0.05) is 0 Å². The molecule has 0 aliphatic heterocycles. The number of terminal acetylenes is 1. The highest BCUT2D eigenvalue weighted by Crippen LogP contribution is 2.46. The summed E-state index contributed by atoms with van der Waals surface area (Å²) >= 11 is 0. The van der Waals surface area contributed by atoms with Crippen molar-refractivity contribution in [2.45, 2.75) is 12.3 Å². The van der Waals surface area contributed by atoms with Gasteiger partial charge in [0.25, 0.3) is 0 Å². The Hall–Kier alpha value is -1.26. The average Bonchev–Trinajstić information content (AvgIpc) is 2.99. The topological polar surface area (TPSA) is 12.0 Å². The Bertz CT molecular complexity index is 323. The van der Waals surface area contributed by atoms with E-state index in [0.717, 1.165) is 18.4 Å². The Morgan fingerprint density at radius 2 is 2.14 bits per heavy atom. The molecule has 1 aromatic rings. The van der Waals surface area contributed by atoms with Gasteiger partial charge in [0.1, 0.15) is 0 Å². The molecule has 1 aromatic carbocycles. The molecule has 1 saturated carbocycles. The van der Waals surface area contributed by atoms with Gasteiger partial charge in [-0.15, -0.1) is 6.42 Å². The average molecular weight is 185 g/mol. The molecule has 0 radical (unpaired) electrons. The van der Waals surface area contributed by atoms with Crippen molar-refractivity contribution >= 4 is 0 Å². The van der Waals surface area contributed by atoms with Crippen LogP contribution in [0.5, 0.6) is 0 Å². The van der Waals surface area contributed by atoms with E-state index in [4.69, 9.17) is 6.42 Å². The van der Waals surface area contributed by atoms with Crippen LogP contribution < -0.4 is 5.32 Å². The quantitative estimate of drug-likeness (QED) is 0.559. The first-order valence-corrected chi connectivity index (χ1v) is 5.11. The van der Waals surface area contributed by atoms with Crippen molar-refractivity contribution in [3.8, 4) is 12.3 Å². The molecule has 1 aliphatic carbocycles. The molecule has 0 aromatic heterocycles. The van der Waals surface area contributed by atoms with E-state index < -0.39 is 0 Å². The summed E-state index contributed by atoms with van der Waals surface area (Å²) in [5.74, 6) is 4.16. The van der Waals surface area contributed by atoms with Gasteiger partial charge in [0.15, 0.2) is 0 Å². The van der Waals surface area contributed by atoms with Crippen molar-refractivity contribution in [3.05, 3.63) is 35.9 Å². The van der Waals surface area contributed by atoms with Crippen molar-refractivity contribution < 1.29 is 0 Å². The van der Waals surface area contributed by atoms with Gasteiger partial charge in [-0.25, -0.2) is 0 Å². The van der Waals surface area contributed by atoms with E-state index in [1.807, 2.05) is 0 Å². The molecule has 1 fully saturated rings. The van der Waals surface area contributed by atoms with E-state index in [2.05, 4.69) is 41.6 Å². The van der Waals surface area contributed by atoms with Crippen LogP contribution in [0.4, 0.5) is 0 Å². The van der Waals surface area contributed by atoms with Crippen LogP contribution in [0.1, 0.15) is 17.9 Å². The van der Waals surface area contributed by atoms with Crippen LogP contribution in [0.25, 0.3) is 0 Å². The summed E-state index contributed by atoms with van der Waals surface area (Å²) in [4.78, 5) is 0. The van der Waals surface area contributed by atoms with Gasteiger partial charge in [-0.2, -0.15) is 0 Å². The predicted molar refractivity (Wildman–Crippen MR) is 59.0 cm³/mol. The molecule has 1 aliphatic rings. The maximum Gasteiger partial charge on any atom is 0.0573 e. The standard InChI is InChI=1S/C13H15N/c1-2-8-14-10-12-9-13(12)11-6-4-3-5-7-11/h1,3-7,12-14H,8-10H2/t12-,13-/m0/s1. The molecule has 1 nitrogen and oxygen atoms in total. The maximum atomic E-state index is 5.17. The van der Waals surface area contributed by atoms with Crippen LogP contribution in [0, 0.1) is 18.3 Å². The highest BCUT2D eigenvalue weighted by atomic mass is 14.9. The Labute approximate surface area is 85.5 Å². The van der Waals surface area contributed by atoms with Gasteiger partial charge in [0.05, 0.1) is 6.54 Å². The first-order chi connectivity index (χ1) is 6.92. The zero-order valence-electron chi connectivity index (χ0n) is 8.24. The van der Waals surface area contributed by atoms with Gasteiger partial charge in [-0.1, -0.05) is 36.3 Å². The minimum absolute atomic E-state index is 0.692. The van der Waals surface area contributed by atoms with Crippen LogP contribution >= 0.6 is 0 Å². The zero-order valence-corrected chi connectivity index (χ0v) is 8.24. The summed E-state index contributed by atoms with van der Waals surface area (Å²) in [5, 5.41) is 3.26. The fourth-order valence-electron chi connectivity index (χ4n) is 1.91. The van der Waals surface area contributed by atoms with Crippen molar-refractivity contribution in [2.24, 2.45) is 5.92 Å². The van der Waals surface area contributed by atoms with E-state index in [1.165, 1.54) is 12.0 Å². The molecule has 0 saturated heterocycles. The number of rotatable bonds is 4. The SMILES string of the molecule is C#CCNC[C@@H]1C[C@H]1c1ccccc1. The molecule has 0 bridgehead atoms. The molecule has 2 atom stereocenters. The Kier molecular flexibility index (Phi) is 2.86. The third-order valence-electron chi connectivity index (χ3n) is 2.78. The highest BCUT2D eigenvalue weighted by molar-refractivity contribution is 5.25. The van der Waals surface area contributed by atoms with Gasteiger partial charge in [-0.3, -0.25) is 0 Å². The van der Waals surface area contributed by atoms with Crippen LogP contribution in [0.15, 0.2) is 30.3 Å². The van der Waals surface area contributed by atoms with E-state index >= 15 is 0 Å². The minimum atomic E-state index is 0.692. The first kappa shape index (κ1) is 9.30. The molecule has 0 spiro atoms. The lowest BCUT2D eigenvalue weighted by Crippen LogP contribution is -2.17. The van der Waals surface area contributed by atoms with Crippen LogP contribution in [0.2, 0.25) is 0 Å². The fourth-order valence-corrected chi connectivity index (χ4v) is 1.91. The van der Waals surface area contributed by atoms with Gasteiger partial charge < -0.3 is 5.32 Å². The summed E-state index contributed by atoms with van der Waals surface area (Å²) in [6.45, 7) is 1.75. The van der Waals surface area contributed by atoms with Crippen LogP contribution in [0.3, 0.4) is 0 Å². The Balaban J connectivity index is 1.80. The monoisotopic (exact) mass is 185 g/mol. The molecule has 1 N–H and O–H groups in total. The third kappa shape index (κ3) is 2.16. The van der Waals surface area contributed by atoms with Crippen molar-refractivity contribution in [1.82, 2.24) is 5.32 Å². The smallest absolute Gasteiger partial charge is 0.0573 e. The Morgan fingerprint density at radius 3 is 2.86 bits per heavy atom. The van der Waals surface area contributed by atoms with Crippen LogP contribution in [-0.2, 0) is 0 Å². The molecular weight excluding hydrogens is 170 g/mol. The summed E-state index contributed by atoms with van der Waals surface area (Å²) in [5.41, 5.74) is 1.47. The normalized spacial score (nSPS) is 24.2. The fraction of sp³-hybridized carbons (Fsp3) is 0.385. The molecule has 2 rings (SSSR count). The lowest BCUT2D eigenvalue weighted by Gasteiger charge is -2.00. The van der Waals surface area contributed by atoms with Crippen molar-refractivity contribution in [3.63, 3.8) is 0 Å². The van der Waals surface area contributed by atoms with E-state index in [-0.39, 0.29) is 0 Å². The lowest BCUT2D eigenvalue weighted by atomic mass is 10.1. The summed E-state index contributed by atoms with van der Waals surface area (Å²) < 4.78 is 0. The second-order valence-electron chi connectivity index (χ2n) is 3.85. The van der Waals surface area contributed by atoms with Gasteiger partial charge >= 0.3 is 0 Å². The second-order valence-corrected chi connectivity index (χ2v) is 3.85. The van der Waals surface area contributed by atoms with Crippen molar-refractivity contribution in [1.29, 1.82) is 0 Å². The predicted octanol–water partition coefficient (Wildman–Crippen LogP) is 2.01. The second kappa shape index (κ2) is 4.30. The molecular formula is C13H15N. The summed E-state index contributed by atoms with van der Waals surface area (Å²) in [6.07, 6.45) is 6.48. The number of benzene rings is 1. The zero-order chi connectivity index (χ0) is 9.80. The van der Waals surface area contributed by atoms with E-state index in [9.17, 15) is 0 Å². The molecule has 0 unspecified atom stereocenters. The van der Waals surface area contributed by atoms with Gasteiger partial charge in [0.2, 0.25) is 0 Å². The number of nitrogens with one attached hydrogen (secondary N) is 1. The maximum absolute atomic E-state index is 5.17. The first-order valence-electron chi connectivity index (χ1n) is 5.11.